The van der Waals surface area contributed by atoms with E-state index in [1.807, 2.05) is 0 Å². The molecule has 2 nitrogen and oxygen atoms in total. The topological polar surface area (TPSA) is 38.9 Å². The van der Waals surface area contributed by atoms with E-state index < -0.39 is 0 Å². The molecule has 17 heavy (non-hydrogen) atoms. The van der Waals surface area contributed by atoms with Crippen LogP contribution >= 0.6 is 22.6 Å². The standard InChI is InChI=1S/C14H17IN2/c1-10-8-12(4-2-3-7-16)17-14-6-5-11(15)9-13(10)14/h5-6,8-9H,2-4,7,16H2,1H3. The molecule has 1 aromatic heterocycles. The molecule has 2 aromatic rings. The predicted octanol–water partition coefficient (Wildman–Crippen LogP) is 3.43. The summed E-state index contributed by atoms with van der Waals surface area (Å²) in [6.07, 6.45) is 3.23. The van der Waals surface area contributed by atoms with Crippen LogP contribution in [0, 0.1) is 10.5 Å². The summed E-state index contributed by atoms with van der Waals surface area (Å²) >= 11 is 2.34. The Morgan fingerprint density at radius 3 is 2.82 bits per heavy atom. The summed E-state index contributed by atoms with van der Waals surface area (Å²) in [5.74, 6) is 0. The van der Waals surface area contributed by atoms with Crippen molar-refractivity contribution in [2.75, 3.05) is 6.54 Å². The van der Waals surface area contributed by atoms with Gasteiger partial charge in [0.2, 0.25) is 0 Å². The number of unbranched alkanes of at least 4 members (excludes halogenated alkanes) is 1. The normalized spacial score (nSPS) is 11.0. The second-order valence-electron chi connectivity index (χ2n) is 4.34. The van der Waals surface area contributed by atoms with Crippen LogP contribution in [0.1, 0.15) is 24.1 Å². The van der Waals surface area contributed by atoms with Gasteiger partial charge in [0.15, 0.2) is 0 Å². The Morgan fingerprint density at radius 2 is 2.06 bits per heavy atom. The molecule has 0 amide bonds. The van der Waals surface area contributed by atoms with E-state index in [-0.39, 0.29) is 0 Å². The Hall–Kier alpha value is -0.680. The summed E-state index contributed by atoms with van der Waals surface area (Å²) in [5, 5.41) is 1.26. The maximum absolute atomic E-state index is 5.51. The van der Waals surface area contributed by atoms with E-state index in [2.05, 4.69) is 53.8 Å². The number of aryl methyl sites for hydroxylation is 2. The smallest absolute Gasteiger partial charge is 0.0708 e. The third-order valence-electron chi connectivity index (χ3n) is 2.92. The highest BCUT2D eigenvalue weighted by Gasteiger charge is 2.03. The van der Waals surface area contributed by atoms with Crippen molar-refractivity contribution in [3.8, 4) is 0 Å². The number of benzene rings is 1. The fourth-order valence-corrected chi connectivity index (χ4v) is 2.51. The van der Waals surface area contributed by atoms with Crippen LogP contribution in [-0.4, -0.2) is 11.5 Å². The summed E-state index contributed by atoms with van der Waals surface area (Å²) in [7, 11) is 0. The first-order valence-electron chi connectivity index (χ1n) is 5.96. The molecule has 0 aliphatic carbocycles. The molecule has 0 fully saturated rings. The molecule has 0 radical (unpaired) electrons. The van der Waals surface area contributed by atoms with Crippen LogP contribution < -0.4 is 5.73 Å². The zero-order valence-corrected chi connectivity index (χ0v) is 12.2. The molecule has 0 aliphatic rings. The van der Waals surface area contributed by atoms with Gasteiger partial charge < -0.3 is 5.73 Å². The number of halogens is 1. The number of rotatable bonds is 4. The average molecular weight is 340 g/mol. The van der Waals surface area contributed by atoms with Crippen LogP contribution in [0.4, 0.5) is 0 Å². The molecule has 0 unspecified atom stereocenters. The summed E-state index contributed by atoms with van der Waals surface area (Å²) in [5.41, 5.74) is 9.11. The predicted molar refractivity (Wildman–Crippen MR) is 81.2 cm³/mol. The molecule has 2 rings (SSSR count). The first-order valence-corrected chi connectivity index (χ1v) is 7.04. The van der Waals surface area contributed by atoms with Gasteiger partial charge in [-0.25, -0.2) is 0 Å². The van der Waals surface area contributed by atoms with Crippen molar-refractivity contribution in [3.05, 3.63) is 39.1 Å². The Balaban J connectivity index is 2.32. The first-order chi connectivity index (χ1) is 8.20. The molecule has 1 heterocycles. The maximum Gasteiger partial charge on any atom is 0.0708 e. The van der Waals surface area contributed by atoms with Gasteiger partial charge in [-0.2, -0.15) is 0 Å². The molecule has 3 heteroatoms. The number of nitrogens with zero attached hydrogens (tertiary/aromatic N) is 1. The second kappa shape index (κ2) is 5.78. The van der Waals surface area contributed by atoms with E-state index in [0.29, 0.717) is 0 Å². The van der Waals surface area contributed by atoms with Crippen LogP contribution in [0.2, 0.25) is 0 Å². The van der Waals surface area contributed by atoms with Gasteiger partial charge >= 0.3 is 0 Å². The molecule has 0 bridgehead atoms. The fourth-order valence-electron chi connectivity index (χ4n) is 2.01. The molecule has 0 spiro atoms. The minimum Gasteiger partial charge on any atom is -0.330 e. The van der Waals surface area contributed by atoms with E-state index in [0.717, 1.165) is 31.3 Å². The van der Waals surface area contributed by atoms with Crippen LogP contribution in [0.15, 0.2) is 24.3 Å². The minimum absolute atomic E-state index is 0.769. The SMILES string of the molecule is Cc1cc(CCCCN)nc2ccc(I)cc12. The van der Waals surface area contributed by atoms with Crippen molar-refractivity contribution in [1.29, 1.82) is 0 Å². The lowest BCUT2D eigenvalue weighted by Crippen LogP contribution is -2.00. The second-order valence-corrected chi connectivity index (χ2v) is 5.58. The van der Waals surface area contributed by atoms with E-state index >= 15 is 0 Å². The van der Waals surface area contributed by atoms with E-state index in [9.17, 15) is 0 Å². The largest absolute Gasteiger partial charge is 0.330 e. The highest BCUT2D eigenvalue weighted by atomic mass is 127. The summed E-state index contributed by atoms with van der Waals surface area (Å²) in [6, 6.07) is 8.62. The Labute approximate surface area is 116 Å². The average Bonchev–Trinajstić information content (AvgIpc) is 2.31. The van der Waals surface area contributed by atoms with E-state index in [1.165, 1.54) is 20.2 Å². The van der Waals surface area contributed by atoms with Gasteiger partial charge in [0.25, 0.3) is 0 Å². The molecule has 90 valence electrons. The summed E-state index contributed by atoms with van der Waals surface area (Å²) < 4.78 is 1.26. The quantitative estimate of drug-likeness (QED) is 0.684. The molecule has 0 saturated carbocycles. The van der Waals surface area contributed by atoms with Gasteiger partial charge in [0.1, 0.15) is 0 Å². The molecular weight excluding hydrogens is 323 g/mol. The van der Waals surface area contributed by atoms with E-state index in [4.69, 9.17) is 10.7 Å². The van der Waals surface area contributed by atoms with Crippen molar-refractivity contribution < 1.29 is 0 Å². The first kappa shape index (κ1) is 12.8. The van der Waals surface area contributed by atoms with Crippen LogP contribution in [0.5, 0.6) is 0 Å². The highest BCUT2D eigenvalue weighted by Crippen LogP contribution is 2.21. The lowest BCUT2D eigenvalue weighted by atomic mass is 10.1. The Morgan fingerprint density at radius 1 is 1.24 bits per heavy atom. The zero-order chi connectivity index (χ0) is 12.3. The zero-order valence-electron chi connectivity index (χ0n) is 10.0. The molecule has 1 aromatic carbocycles. The van der Waals surface area contributed by atoms with Crippen molar-refractivity contribution in [1.82, 2.24) is 4.98 Å². The number of aromatic nitrogens is 1. The lowest BCUT2D eigenvalue weighted by molar-refractivity contribution is 0.734. The van der Waals surface area contributed by atoms with Gasteiger partial charge in [0.05, 0.1) is 5.52 Å². The van der Waals surface area contributed by atoms with Crippen molar-refractivity contribution >= 4 is 33.5 Å². The maximum atomic E-state index is 5.51. The summed E-state index contributed by atoms with van der Waals surface area (Å²) in [4.78, 5) is 4.70. The van der Waals surface area contributed by atoms with Crippen molar-refractivity contribution in [3.63, 3.8) is 0 Å². The third-order valence-corrected chi connectivity index (χ3v) is 3.59. The van der Waals surface area contributed by atoms with Crippen LogP contribution in [-0.2, 0) is 6.42 Å². The lowest BCUT2D eigenvalue weighted by Gasteiger charge is -2.06. The molecule has 2 N–H and O–H groups in total. The molecule has 0 aliphatic heterocycles. The van der Waals surface area contributed by atoms with Gasteiger partial charge in [-0.05, 0) is 85.2 Å². The highest BCUT2D eigenvalue weighted by molar-refractivity contribution is 14.1. The van der Waals surface area contributed by atoms with Gasteiger partial charge in [-0.15, -0.1) is 0 Å². The Bertz CT molecular complexity index is 523. The van der Waals surface area contributed by atoms with E-state index in [1.54, 1.807) is 0 Å². The Kier molecular flexibility index (Phi) is 4.34. The number of hydrogen-bond acceptors (Lipinski definition) is 2. The molecule has 0 saturated heterocycles. The number of pyridine rings is 1. The van der Waals surface area contributed by atoms with Crippen molar-refractivity contribution in [2.24, 2.45) is 5.73 Å². The van der Waals surface area contributed by atoms with Crippen LogP contribution in [0.3, 0.4) is 0 Å². The monoisotopic (exact) mass is 340 g/mol. The number of nitrogens with two attached hydrogens (primary N) is 1. The summed E-state index contributed by atoms with van der Waals surface area (Å²) in [6.45, 7) is 2.93. The number of fused-ring (bicyclic) bond motifs is 1. The molecular formula is C14H17IN2. The molecule has 0 atom stereocenters. The van der Waals surface area contributed by atoms with Crippen LogP contribution in [0.25, 0.3) is 10.9 Å². The van der Waals surface area contributed by atoms with Gasteiger partial charge in [0, 0.05) is 14.7 Å². The van der Waals surface area contributed by atoms with Gasteiger partial charge in [-0.1, -0.05) is 0 Å². The van der Waals surface area contributed by atoms with Gasteiger partial charge in [-0.3, -0.25) is 4.98 Å². The number of hydrogen-bond donors (Lipinski definition) is 1. The minimum atomic E-state index is 0.769. The third kappa shape index (κ3) is 3.16. The van der Waals surface area contributed by atoms with Crippen molar-refractivity contribution in [2.45, 2.75) is 26.2 Å². The fraction of sp³-hybridized carbons (Fsp3) is 0.357.